The van der Waals surface area contributed by atoms with Gasteiger partial charge >= 0.3 is 0 Å². The fraction of sp³-hybridized carbons (Fsp3) is 0.0952. The van der Waals surface area contributed by atoms with Crippen molar-refractivity contribution in [3.05, 3.63) is 90.0 Å². The number of hydrogen-bond acceptors (Lipinski definition) is 1. The molecule has 0 aliphatic rings. The molecule has 0 aliphatic heterocycles. The maximum atomic E-state index is 4.65. The molecule has 0 spiro atoms. The van der Waals surface area contributed by atoms with Gasteiger partial charge in [0.15, 0.2) is 0 Å². The standard InChI is InChI=1S/C21H19N/c1-2-17-9-8-13-20(15-17)22-16-19-12-6-7-14-21(19)18-10-4-3-5-11-18/h3-16H,2H2,1H3. The van der Waals surface area contributed by atoms with Crippen LogP contribution in [0.5, 0.6) is 0 Å². The van der Waals surface area contributed by atoms with Crippen LogP contribution in [0.3, 0.4) is 0 Å². The first-order chi connectivity index (χ1) is 10.9. The Morgan fingerprint density at radius 2 is 1.59 bits per heavy atom. The molecular weight excluding hydrogens is 266 g/mol. The molecule has 22 heavy (non-hydrogen) atoms. The number of aryl methyl sites for hydroxylation is 1. The maximum absolute atomic E-state index is 4.65. The summed E-state index contributed by atoms with van der Waals surface area (Å²) in [6, 6.07) is 27.2. The van der Waals surface area contributed by atoms with E-state index < -0.39 is 0 Å². The first kappa shape index (κ1) is 14.3. The van der Waals surface area contributed by atoms with Crippen molar-refractivity contribution in [3.63, 3.8) is 0 Å². The van der Waals surface area contributed by atoms with Gasteiger partial charge in [-0.2, -0.15) is 0 Å². The van der Waals surface area contributed by atoms with Gasteiger partial charge in [-0.1, -0.05) is 73.7 Å². The van der Waals surface area contributed by atoms with E-state index in [1.54, 1.807) is 0 Å². The summed E-state index contributed by atoms with van der Waals surface area (Å²) in [5.74, 6) is 0. The molecular formula is C21H19N. The van der Waals surface area contributed by atoms with Gasteiger partial charge in [0.1, 0.15) is 0 Å². The molecule has 0 atom stereocenters. The van der Waals surface area contributed by atoms with E-state index in [2.05, 4.69) is 78.6 Å². The van der Waals surface area contributed by atoms with Gasteiger partial charge in [-0.05, 0) is 35.2 Å². The second-order valence-electron chi connectivity index (χ2n) is 5.23. The van der Waals surface area contributed by atoms with E-state index >= 15 is 0 Å². The van der Waals surface area contributed by atoms with E-state index in [0.717, 1.165) is 17.7 Å². The molecule has 3 aromatic rings. The Morgan fingerprint density at radius 1 is 0.818 bits per heavy atom. The second kappa shape index (κ2) is 6.86. The predicted molar refractivity (Wildman–Crippen MR) is 95.0 cm³/mol. The molecule has 0 unspecified atom stereocenters. The monoisotopic (exact) mass is 285 g/mol. The van der Waals surface area contributed by atoms with Crippen molar-refractivity contribution < 1.29 is 0 Å². The molecule has 0 heterocycles. The fourth-order valence-electron chi connectivity index (χ4n) is 2.49. The molecule has 3 aromatic carbocycles. The largest absolute Gasteiger partial charge is 0.256 e. The highest BCUT2D eigenvalue weighted by atomic mass is 14.7. The average molecular weight is 285 g/mol. The summed E-state index contributed by atoms with van der Waals surface area (Å²) < 4.78 is 0. The molecule has 0 fully saturated rings. The van der Waals surface area contributed by atoms with Crippen molar-refractivity contribution in [2.75, 3.05) is 0 Å². The van der Waals surface area contributed by atoms with Crippen molar-refractivity contribution in [2.24, 2.45) is 4.99 Å². The molecule has 0 bridgehead atoms. The lowest BCUT2D eigenvalue weighted by molar-refractivity contribution is 1.14. The highest BCUT2D eigenvalue weighted by Gasteiger charge is 2.01. The zero-order valence-corrected chi connectivity index (χ0v) is 12.7. The van der Waals surface area contributed by atoms with Crippen molar-refractivity contribution in [2.45, 2.75) is 13.3 Å². The smallest absolute Gasteiger partial charge is 0.0632 e. The van der Waals surface area contributed by atoms with Crippen LogP contribution in [0.2, 0.25) is 0 Å². The van der Waals surface area contributed by atoms with Crippen LogP contribution >= 0.6 is 0 Å². The number of nitrogens with zero attached hydrogens (tertiary/aromatic N) is 1. The second-order valence-corrected chi connectivity index (χ2v) is 5.23. The van der Waals surface area contributed by atoms with E-state index in [1.807, 2.05) is 18.3 Å². The van der Waals surface area contributed by atoms with E-state index in [4.69, 9.17) is 0 Å². The number of rotatable bonds is 4. The zero-order valence-electron chi connectivity index (χ0n) is 12.7. The number of aliphatic imine (C=N–C) groups is 1. The molecule has 0 saturated heterocycles. The van der Waals surface area contributed by atoms with Crippen molar-refractivity contribution in [3.8, 4) is 11.1 Å². The Bertz CT molecular complexity index is 773. The summed E-state index contributed by atoms with van der Waals surface area (Å²) in [5, 5.41) is 0. The quantitative estimate of drug-likeness (QED) is 0.548. The summed E-state index contributed by atoms with van der Waals surface area (Å²) in [5.41, 5.74) is 5.87. The van der Waals surface area contributed by atoms with Crippen molar-refractivity contribution >= 4 is 11.9 Å². The van der Waals surface area contributed by atoms with Gasteiger partial charge in [0.2, 0.25) is 0 Å². The first-order valence-electron chi connectivity index (χ1n) is 7.64. The highest BCUT2D eigenvalue weighted by Crippen LogP contribution is 2.23. The first-order valence-corrected chi connectivity index (χ1v) is 7.64. The van der Waals surface area contributed by atoms with Gasteiger partial charge in [-0.15, -0.1) is 0 Å². The Balaban J connectivity index is 1.94. The van der Waals surface area contributed by atoms with E-state index in [0.29, 0.717) is 0 Å². The van der Waals surface area contributed by atoms with Crippen LogP contribution in [0, 0.1) is 0 Å². The van der Waals surface area contributed by atoms with Crippen LogP contribution in [0.1, 0.15) is 18.1 Å². The summed E-state index contributed by atoms with van der Waals surface area (Å²) in [4.78, 5) is 4.65. The molecule has 3 rings (SSSR count). The topological polar surface area (TPSA) is 12.4 Å². The van der Waals surface area contributed by atoms with Crippen LogP contribution in [0.25, 0.3) is 11.1 Å². The maximum Gasteiger partial charge on any atom is 0.0632 e. The lowest BCUT2D eigenvalue weighted by Crippen LogP contribution is -1.87. The van der Waals surface area contributed by atoms with E-state index in [-0.39, 0.29) is 0 Å². The predicted octanol–water partition coefficient (Wildman–Crippen LogP) is 5.67. The minimum atomic E-state index is 1.00. The third-order valence-electron chi connectivity index (χ3n) is 3.72. The SMILES string of the molecule is CCc1cccc(N=Cc2ccccc2-c2ccccc2)c1. The summed E-state index contributed by atoms with van der Waals surface area (Å²) in [7, 11) is 0. The molecule has 1 heteroatoms. The Hall–Kier alpha value is -2.67. The van der Waals surface area contributed by atoms with Gasteiger partial charge in [-0.25, -0.2) is 0 Å². The minimum absolute atomic E-state index is 1.00. The average Bonchev–Trinajstić information content (AvgIpc) is 2.61. The number of benzene rings is 3. The van der Waals surface area contributed by atoms with Crippen molar-refractivity contribution in [1.29, 1.82) is 0 Å². The normalized spacial score (nSPS) is 11.0. The molecule has 0 aliphatic carbocycles. The van der Waals surface area contributed by atoms with E-state index in [9.17, 15) is 0 Å². The molecule has 0 saturated carbocycles. The van der Waals surface area contributed by atoms with Gasteiger partial charge in [0.25, 0.3) is 0 Å². The molecule has 0 amide bonds. The van der Waals surface area contributed by atoms with Crippen LogP contribution in [-0.4, -0.2) is 6.21 Å². The molecule has 0 radical (unpaired) electrons. The Kier molecular flexibility index (Phi) is 4.45. The van der Waals surface area contributed by atoms with Gasteiger partial charge < -0.3 is 0 Å². The van der Waals surface area contributed by atoms with Crippen LogP contribution in [0.4, 0.5) is 5.69 Å². The molecule has 0 aromatic heterocycles. The Labute approximate surface area is 132 Å². The van der Waals surface area contributed by atoms with Gasteiger partial charge in [0.05, 0.1) is 5.69 Å². The van der Waals surface area contributed by atoms with Crippen LogP contribution < -0.4 is 0 Å². The summed E-state index contributed by atoms with van der Waals surface area (Å²) in [6.45, 7) is 2.16. The minimum Gasteiger partial charge on any atom is -0.256 e. The van der Waals surface area contributed by atoms with Crippen molar-refractivity contribution in [1.82, 2.24) is 0 Å². The molecule has 1 nitrogen and oxygen atoms in total. The lowest BCUT2D eigenvalue weighted by atomic mass is 10.0. The lowest BCUT2D eigenvalue weighted by Gasteiger charge is -2.05. The summed E-state index contributed by atoms with van der Waals surface area (Å²) >= 11 is 0. The highest BCUT2D eigenvalue weighted by molar-refractivity contribution is 5.91. The number of hydrogen-bond donors (Lipinski definition) is 0. The van der Waals surface area contributed by atoms with Crippen LogP contribution in [0.15, 0.2) is 83.9 Å². The van der Waals surface area contributed by atoms with E-state index in [1.165, 1.54) is 16.7 Å². The van der Waals surface area contributed by atoms with Crippen LogP contribution in [-0.2, 0) is 6.42 Å². The zero-order chi connectivity index (χ0) is 15.2. The third-order valence-corrected chi connectivity index (χ3v) is 3.72. The summed E-state index contributed by atoms with van der Waals surface area (Å²) in [6.07, 6.45) is 2.99. The van der Waals surface area contributed by atoms with Gasteiger partial charge in [0, 0.05) is 11.8 Å². The molecule has 0 N–H and O–H groups in total. The van der Waals surface area contributed by atoms with Gasteiger partial charge in [-0.3, -0.25) is 4.99 Å². The Morgan fingerprint density at radius 3 is 2.41 bits per heavy atom. The molecule has 108 valence electrons. The third kappa shape index (κ3) is 3.32. The fourth-order valence-corrected chi connectivity index (χ4v) is 2.49.